The molecule has 0 saturated carbocycles. The molecule has 6 nitrogen and oxygen atoms in total. The molecule has 10 heteroatoms. The first-order valence-electron chi connectivity index (χ1n) is 6.46. The zero-order valence-electron chi connectivity index (χ0n) is 11.4. The molecule has 2 N–H and O–H groups in total. The van der Waals surface area contributed by atoms with Gasteiger partial charge in [0.15, 0.2) is 5.03 Å². The number of likely N-dealkylation sites (tertiary alicyclic amines) is 1. The lowest BCUT2D eigenvalue weighted by Crippen LogP contribution is -2.34. The van der Waals surface area contributed by atoms with E-state index in [1.165, 1.54) is 11.1 Å². The van der Waals surface area contributed by atoms with Crippen LogP contribution in [0.1, 0.15) is 12.2 Å². The second-order valence-electron chi connectivity index (χ2n) is 5.19. The van der Waals surface area contributed by atoms with Crippen LogP contribution >= 0.6 is 0 Å². The van der Waals surface area contributed by atoms with E-state index >= 15 is 0 Å². The SMILES string of the molecule is Cc1ncc(S(=O)(=O)NCC2CCN(CC(F)(F)F)C2)[nH]1. The van der Waals surface area contributed by atoms with Gasteiger partial charge in [-0.15, -0.1) is 0 Å². The average molecular weight is 326 g/mol. The van der Waals surface area contributed by atoms with Crippen molar-refractivity contribution in [3.05, 3.63) is 12.0 Å². The molecular formula is C11H17F3N4O2S. The van der Waals surface area contributed by atoms with Gasteiger partial charge in [-0.1, -0.05) is 0 Å². The Balaban J connectivity index is 1.84. The molecule has 0 aromatic carbocycles. The van der Waals surface area contributed by atoms with Crippen LogP contribution < -0.4 is 4.72 Å². The van der Waals surface area contributed by atoms with Crippen LogP contribution in [0.15, 0.2) is 11.2 Å². The molecule has 0 spiro atoms. The van der Waals surface area contributed by atoms with Gasteiger partial charge in [0.05, 0.1) is 12.7 Å². The molecule has 1 saturated heterocycles. The fourth-order valence-corrected chi connectivity index (χ4v) is 3.40. The Bertz CT molecular complexity index is 585. The highest BCUT2D eigenvalue weighted by Crippen LogP contribution is 2.22. The highest BCUT2D eigenvalue weighted by atomic mass is 32.2. The summed E-state index contributed by atoms with van der Waals surface area (Å²) in [6.07, 6.45) is -2.47. The number of H-pyrrole nitrogens is 1. The van der Waals surface area contributed by atoms with Crippen LogP contribution in [0.5, 0.6) is 0 Å². The molecule has 2 rings (SSSR count). The maximum atomic E-state index is 12.3. The van der Waals surface area contributed by atoms with Crippen molar-refractivity contribution in [2.45, 2.75) is 24.5 Å². The largest absolute Gasteiger partial charge is 0.401 e. The summed E-state index contributed by atoms with van der Waals surface area (Å²) in [6, 6.07) is 0. The minimum atomic E-state index is -4.22. The topological polar surface area (TPSA) is 78.1 Å². The van der Waals surface area contributed by atoms with Gasteiger partial charge < -0.3 is 4.98 Å². The Labute approximate surface area is 120 Å². The Hall–Kier alpha value is -1.13. The summed E-state index contributed by atoms with van der Waals surface area (Å²) in [5, 5.41) is -0.0369. The summed E-state index contributed by atoms with van der Waals surface area (Å²) in [6.45, 7) is 1.37. The number of sulfonamides is 1. The predicted molar refractivity (Wildman–Crippen MR) is 69.1 cm³/mol. The smallest absolute Gasteiger partial charge is 0.332 e. The molecule has 21 heavy (non-hydrogen) atoms. The minimum absolute atomic E-state index is 0.0369. The van der Waals surface area contributed by atoms with E-state index in [-0.39, 0.29) is 24.0 Å². The highest BCUT2D eigenvalue weighted by Gasteiger charge is 2.34. The van der Waals surface area contributed by atoms with Crippen molar-refractivity contribution in [2.75, 3.05) is 26.2 Å². The third-order valence-electron chi connectivity index (χ3n) is 3.30. The number of aromatic nitrogens is 2. The molecule has 0 radical (unpaired) electrons. The second-order valence-corrected chi connectivity index (χ2v) is 6.93. The van der Waals surface area contributed by atoms with Crippen LogP contribution in [-0.4, -0.2) is 55.6 Å². The maximum Gasteiger partial charge on any atom is 0.401 e. The van der Waals surface area contributed by atoms with Crippen molar-refractivity contribution in [1.29, 1.82) is 0 Å². The number of rotatable bonds is 5. The van der Waals surface area contributed by atoms with Crippen LogP contribution in [0.2, 0.25) is 0 Å². The van der Waals surface area contributed by atoms with Gasteiger partial charge in [0.2, 0.25) is 0 Å². The van der Waals surface area contributed by atoms with Gasteiger partial charge in [-0.25, -0.2) is 18.1 Å². The van der Waals surface area contributed by atoms with Crippen molar-refractivity contribution in [1.82, 2.24) is 19.6 Å². The van der Waals surface area contributed by atoms with Gasteiger partial charge in [-0.05, 0) is 25.8 Å². The van der Waals surface area contributed by atoms with E-state index in [2.05, 4.69) is 14.7 Å². The number of halogens is 3. The summed E-state index contributed by atoms with van der Waals surface area (Å²) in [7, 11) is -3.69. The molecule has 1 aliphatic heterocycles. The van der Waals surface area contributed by atoms with Crippen LogP contribution in [0.4, 0.5) is 13.2 Å². The molecular weight excluding hydrogens is 309 g/mol. The van der Waals surface area contributed by atoms with Gasteiger partial charge >= 0.3 is 6.18 Å². The molecule has 0 bridgehead atoms. The molecule has 1 fully saturated rings. The molecule has 120 valence electrons. The number of nitrogens with one attached hydrogen (secondary N) is 2. The lowest BCUT2D eigenvalue weighted by molar-refractivity contribution is -0.143. The Kier molecular flexibility index (Phi) is 4.59. The van der Waals surface area contributed by atoms with E-state index in [4.69, 9.17) is 0 Å². The third kappa shape index (κ3) is 4.68. The summed E-state index contributed by atoms with van der Waals surface area (Å²) < 4.78 is 63.1. The van der Waals surface area contributed by atoms with Crippen molar-refractivity contribution < 1.29 is 21.6 Å². The summed E-state index contributed by atoms with van der Waals surface area (Å²) in [5.74, 6) is 0.360. The number of nitrogens with zero attached hydrogens (tertiary/aromatic N) is 2. The molecule has 1 aromatic heterocycles. The highest BCUT2D eigenvalue weighted by molar-refractivity contribution is 7.89. The average Bonchev–Trinajstić information content (AvgIpc) is 2.94. The van der Waals surface area contributed by atoms with Gasteiger partial charge in [0.1, 0.15) is 5.82 Å². The first kappa shape index (κ1) is 16.2. The lowest BCUT2D eigenvalue weighted by atomic mass is 10.1. The molecule has 1 unspecified atom stereocenters. The monoisotopic (exact) mass is 326 g/mol. The first-order valence-corrected chi connectivity index (χ1v) is 7.94. The number of aromatic amines is 1. The summed E-state index contributed by atoms with van der Waals surface area (Å²) in [5.41, 5.74) is 0. The molecule has 2 heterocycles. The van der Waals surface area contributed by atoms with E-state index in [0.29, 0.717) is 18.8 Å². The minimum Gasteiger partial charge on any atom is -0.332 e. The Morgan fingerprint density at radius 1 is 1.52 bits per heavy atom. The number of hydrogen-bond acceptors (Lipinski definition) is 4. The number of hydrogen-bond donors (Lipinski definition) is 2. The van der Waals surface area contributed by atoms with Crippen LogP contribution in [0.3, 0.4) is 0 Å². The standard InChI is InChI=1S/C11H17F3N4O2S/c1-8-15-5-10(17-8)21(19,20)16-4-9-2-3-18(6-9)7-11(12,13)14/h5,9,16H,2-4,6-7H2,1H3,(H,15,17). The fourth-order valence-electron chi connectivity index (χ4n) is 2.32. The van der Waals surface area contributed by atoms with Gasteiger partial charge in [0, 0.05) is 13.1 Å². The Morgan fingerprint density at radius 2 is 2.24 bits per heavy atom. The van der Waals surface area contributed by atoms with E-state index in [1.807, 2.05) is 0 Å². The maximum absolute atomic E-state index is 12.3. The predicted octanol–water partition coefficient (Wildman–Crippen LogP) is 0.881. The van der Waals surface area contributed by atoms with Gasteiger partial charge in [0.25, 0.3) is 10.0 Å². The number of imidazole rings is 1. The normalized spacial score (nSPS) is 21.0. The van der Waals surface area contributed by atoms with Crippen LogP contribution in [0.25, 0.3) is 0 Å². The molecule has 0 amide bonds. The van der Waals surface area contributed by atoms with E-state index < -0.39 is 22.7 Å². The van der Waals surface area contributed by atoms with Crippen LogP contribution in [-0.2, 0) is 10.0 Å². The molecule has 1 aliphatic rings. The van der Waals surface area contributed by atoms with Crippen LogP contribution in [0, 0.1) is 12.8 Å². The summed E-state index contributed by atoms with van der Waals surface area (Å²) in [4.78, 5) is 7.71. The van der Waals surface area contributed by atoms with Crippen molar-refractivity contribution in [2.24, 2.45) is 5.92 Å². The third-order valence-corrected chi connectivity index (χ3v) is 4.64. The number of aryl methyl sites for hydroxylation is 1. The summed E-state index contributed by atoms with van der Waals surface area (Å²) >= 11 is 0. The Morgan fingerprint density at radius 3 is 2.81 bits per heavy atom. The first-order chi connectivity index (χ1) is 9.66. The van der Waals surface area contributed by atoms with Crippen molar-refractivity contribution in [3.63, 3.8) is 0 Å². The quantitative estimate of drug-likeness (QED) is 0.842. The van der Waals surface area contributed by atoms with Gasteiger partial charge in [-0.3, -0.25) is 4.90 Å². The zero-order chi connectivity index (χ0) is 15.7. The fraction of sp³-hybridized carbons (Fsp3) is 0.727. The van der Waals surface area contributed by atoms with Crippen molar-refractivity contribution in [3.8, 4) is 0 Å². The zero-order valence-corrected chi connectivity index (χ0v) is 12.3. The van der Waals surface area contributed by atoms with E-state index in [0.717, 1.165) is 0 Å². The van der Waals surface area contributed by atoms with E-state index in [1.54, 1.807) is 6.92 Å². The lowest BCUT2D eigenvalue weighted by Gasteiger charge is -2.17. The van der Waals surface area contributed by atoms with Gasteiger partial charge in [-0.2, -0.15) is 13.2 Å². The van der Waals surface area contributed by atoms with E-state index in [9.17, 15) is 21.6 Å². The number of alkyl halides is 3. The molecule has 0 aliphatic carbocycles. The van der Waals surface area contributed by atoms with Crippen molar-refractivity contribution >= 4 is 10.0 Å². The molecule has 1 atom stereocenters. The second kappa shape index (κ2) is 5.93. The molecule has 1 aromatic rings.